The average molecular weight is 369 g/mol. The van der Waals surface area contributed by atoms with Gasteiger partial charge >= 0.3 is 0 Å². The second kappa shape index (κ2) is 12.6. The molecule has 0 aliphatic rings. The van der Waals surface area contributed by atoms with Crippen LogP contribution in [0, 0.1) is 6.92 Å². The van der Waals surface area contributed by atoms with Crippen LogP contribution in [0.25, 0.3) is 0 Å². The molecule has 0 saturated heterocycles. The lowest BCUT2D eigenvalue weighted by Gasteiger charge is -2.12. The van der Waals surface area contributed by atoms with Gasteiger partial charge in [-0.2, -0.15) is 0 Å². The maximum Gasteiger partial charge on any atom is 0.226 e. The average Bonchev–Trinajstić information content (AvgIpc) is 2.60. The highest BCUT2D eigenvalue weighted by atomic mass is 35.5. The highest BCUT2D eigenvalue weighted by Gasteiger charge is 2.07. The van der Waals surface area contributed by atoms with Crippen LogP contribution >= 0.6 is 11.6 Å². The third kappa shape index (κ3) is 8.74. The number of rotatable bonds is 10. The van der Waals surface area contributed by atoms with Crippen molar-refractivity contribution in [2.45, 2.75) is 33.1 Å². The van der Waals surface area contributed by atoms with Crippen LogP contribution < -0.4 is 16.0 Å². The molecular weight excluding hydrogens is 340 g/mol. The molecule has 0 saturated carbocycles. The number of halogens is 1. The van der Waals surface area contributed by atoms with E-state index in [0.717, 1.165) is 43.9 Å². The third-order valence-corrected chi connectivity index (χ3v) is 4.03. The fourth-order valence-electron chi connectivity index (χ4n) is 2.15. The summed E-state index contributed by atoms with van der Waals surface area (Å²) in [6.07, 6.45) is 2.37. The first-order valence-electron chi connectivity index (χ1n) is 8.65. The molecule has 3 N–H and O–H groups in total. The third-order valence-electron chi connectivity index (χ3n) is 3.62. The standard InChI is InChI=1S/C18H29ClN4O2/c1-4-25-13-6-5-11-21-18(20-3)22-12-10-17(24)23-16-9-7-8-15(19)14(16)2/h7-9H,4-6,10-13H2,1-3H3,(H,23,24)(H2,20,21,22). The lowest BCUT2D eigenvalue weighted by atomic mass is 10.2. The van der Waals surface area contributed by atoms with Gasteiger partial charge in [0, 0.05) is 50.5 Å². The summed E-state index contributed by atoms with van der Waals surface area (Å²) in [4.78, 5) is 16.2. The van der Waals surface area contributed by atoms with E-state index in [4.69, 9.17) is 16.3 Å². The van der Waals surface area contributed by atoms with Crippen molar-refractivity contribution in [2.75, 3.05) is 38.7 Å². The summed E-state index contributed by atoms with van der Waals surface area (Å²) in [5, 5.41) is 9.88. The number of nitrogens with one attached hydrogen (secondary N) is 3. The van der Waals surface area contributed by atoms with Gasteiger partial charge in [-0.25, -0.2) is 0 Å². The van der Waals surface area contributed by atoms with E-state index in [1.165, 1.54) is 0 Å². The van der Waals surface area contributed by atoms with E-state index >= 15 is 0 Å². The second-order valence-electron chi connectivity index (χ2n) is 5.54. The van der Waals surface area contributed by atoms with Gasteiger partial charge in [-0.15, -0.1) is 0 Å². The van der Waals surface area contributed by atoms with Crippen LogP contribution in [0.5, 0.6) is 0 Å². The molecular formula is C18H29ClN4O2. The van der Waals surface area contributed by atoms with Gasteiger partial charge in [0.2, 0.25) is 5.91 Å². The summed E-state index contributed by atoms with van der Waals surface area (Å²) in [7, 11) is 1.71. The predicted octanol–water partition coefficient (Wildman–Crippen LogP) is 2.96. The number of carbonyl (C=O) groups excluding carboxylic acids is 1. The number of guanidine groups is 1. The summed E-state index contributed by atoms with van der Waals surface area (Å²) >= 11 is 6.05. The number of nitrogens with zero attached hydrogens (tertiary/aromatic N) is 1. The molecule has 1 rings (SSSR count). The van der Waals surface area contributed by atoms with Crippen molar-refractivity contribution in [3.8, 4) is 0 Å². The number of ether oxygens (including phenoxy) is 1. The van der Waals surface area contributed by atoms with Gasteiger partial charge < -0.3 is 20.7 Å². The molecule has 1 aromatic rings. The maximum absolute atomic E-state index is 12.0. The molecule has 0 radical (unpaired) electrons. The van der Waals surface area contributed by atoms with Gasteiger partial charge in [-0.05, 0) is 44.4 Å². The minimum atomic E-state index is -0.0648. The normalized spacial score (nSPS) is 11.3. The summed E-state index contributed by atoms with van der Waals surface area (Å²) in [5.41, 5.74) is 1.62. The van der Waals surface area contributed by atoms with Crippen molar-refractivity contribution in [3.05, 3.63) is 28.8 Å². The summed E-state index contributed by atoms with van der Waals surface area (Å²) < 4.78 is 5.30. The van der Waals surface area contributed by atoms with E-state index in [1.807, 2.05) is 26.0 Å². The number of anilines is 1. The van der Waals surface area contributed by atoms with Crippen LogP contribution in [-0.4, -0.2) is 45.2 Å². The lowest BCUT2D eigenvalue weighted by molar-refractivity contribution is -0.116. The summed E-state index contributed by atoms with van der Waals surface area (Å²) in [6, 6.07) is 5.47. The first-order valence-corrected chi connectivity index (χ1v) is 9.03. The zero-order chi connectivity index (χ0) is 18.5. The van der Waals surface area contributed by atoms with Crippen LogP contribution in [0.1, 0.15) is 31.7 Å². The molecule has 0 spiro atoms. The minimum Gasteiger partial charge on any atom is -0.382 e. The second-order valence-corrected chi connectivity index (χ2v) is 5.95. The zero-order valence-electron chi connectivity index (χ0n) is 15.3. The predicted molar refractivity (Wildman–Crippen MR) is 105 cm³/mol. The number of carbonyl (C=O) groups is 1. The fourth-order valence-corrected chi connectivity index (χ4v) is 2.33. The van der Waals surface area contributed by atoms with E-state index in [-0.39, 0.29) is 5.91 Å². The quantitative estimate of drug-likeness (QED) is 0.337. The van der Waals surface area contributed by atoms with E-state index in [2.05, 4.69) is 20.9 Å². The zero-order valence-corrected chi connectivity index (χ0v) is 16.1. The topological polar surface area (TPSA) is 74.8 Å². The Morgan fingerprint density at radius 2 is 2.00 bits per heavy atom. The highest BCUT2D eigenvalue weighted by molar-refractivity contribution is 6.31. The Hall–Kier alpha value is -1.79. The number of amides is 1. The highest BCUT2D eigenvalue weighted by Crippen LogP contribution is 2.22. The van der Waals surface area contributed by atoms with Crippen molar-refractivity contribution >= 4 is 29.2 Å². The Morgan fingerprint density at radius 3 is 2.72 bits per heavy atom. The molecule has 1 aromatic carbocycles. The van der Waals surface area contributed by atoms with Crippen LogP contribution in [-0.2, 0) is 9.53 Å². The minimum absolute atomic E-state index is 0.0648. The molecule has 0 unspecified atom stereocenters. The van der Waals surface area contributed by atoms with Crippen molar-refractivity contribution < 1.29 is 9.53 Å². The van der Waals surface area contributed by atoms with Crippen molar-refractivity contribution in [1.29, 1.82) is 0 Å². The Balaban J connectivity index is 2.23. The van der Waals surface area contributed by atoms with Gasteiger partial charge in [-0.1, -0.05) is 17.7 Å². The molecule has 1 amide bonds. The smallest absolute Gasteiger partial charge is 0.226 e. The number of hydrogen-bond donors (Lipinski definition) is 3. The first-order chi connectivity index (χ1) is 12.1. The molecule has 0 aliphatic carbocycles. The Bertz CT molecular complexity index is 564. The molecule has 25 heavy (non-hydrogen) atoms. The Kier molecular flexibility index (Phi) is 10.7. The largest absolute Gasteiger partial charge is 0.382 e. The van der Waals surface area contributed by atoms with Gasteiger partial charge in [0.05, 0.1) is 0 Å². The molecule has 140 valence electrons. The molecule has 0 aliphatic heterocycles. The molecule has 0 fully saturated rings. The van der Waals surface area contributed by atoms with Crippen LogP contribution in [0.4, 0.5) is 5.69 Å². The molecule has 7 heteroatoms. The molecule has 0 aromatic heterocycles. The maximum atomic E-state index is 12.0. The summed E-state index contributed by atoms with van der Waals surface area (Å²) in [5.74, 6) is 0.633. The first kappa shape index (κ1) is 21.3. The Labute approximate surface area is 155 Å². The number of benzene rings is 1. The number of hydrogen-bond acceptors (Lipinski definition) is 3. The van der Waals surface area contributed by atoms with E-state index in [0.29, 0.717) is 23.9 Å². The molecule has 0 heterocycles. The summed E-state index contributed by atoms with van der Waals surface area (Å²) in [6.45, 7) is 6.74. The van der Waals surface area contributed by atoms with Crippen LogP contribution in [0.2, 0.25) is 5.02 Å². The van der Waals surface area contributed by atoms with E-state index in [1.54, 1.807) is 13.1 Å². The van der Waals surface area contributed by atoms with Gasteiger partial charge in [-0.3, -0.25) is 9.79 Å². The van der Waals surface area contributed by atoms with E-state index in [9.17, 15) is 4.79 Å². The molecule has 0 bridgehead atoms. The van der Waals surface area contributed by atoms with Crippen LogP contribution in [0.15, 0.2) is 23.2 Å². The number of aliphatic imine (C=N–C) groups is 1. The van der Waals surface area contributed by atoms with Gasteiger partial charge in [0.15, 0.2) is 5.96 Å². The van der Waals surface area contributed by atoms with Crippen LogP contribution in [0.3, 0.4) is 0 Å². The van der Waals surface area contributed by atoms with Gasteiger partial charge in [0.1, 0.15) is 0 Å². The Morgan fingerprint density at radius 1 is 1.24 bits per heavy atom. The van der Waals surface area contributed by atoms with Crippen molar-refractivity contribution in [1.82, 2.24) is 10.6 Å². The SMILES string of the molecule is CCOCCCCNC(=NC)NCCC(=O)Nc1cccc(Cl)c1C. The van der Waals surface area contributed by atoms with Crippen molar-refractivity contribution in [3.63, 3.8) is 0 Å². The van der Waals surface area contributed by atoms with Crippen molar-refractivity contribution in [2.24, 2.45) is 4.99 Å². The monoisotopic (exact) mass is 368 g/mol. The number of unbranched alkanes of at least 4 members (excludes halogenated alkanes) is 1. The molecule has 6 nitrogen and oxygen atoms in total. The van der Waals surface area contributed by atoms with Gasteiger partial charge in [0.25, 0.3) is 0 Å². The molecule has 0 atom stereocenters. The lowest BCUT2D eigenvalue weighted by Crippen LogP contribution is -2.39. The van der Waals surface area contributed by atoms with E-state index < -0.39 is 0 Å². The fraction of sp³-hybridized carbons (Fsp3) is 0.556.